The molecule has 0 spiro atoms. The van der Waals surface area contributed by atoms with Crippen LogP contribution >= 0.6 is 23.2 Å². The number of allylic oxidation sites excluding steroid dienone is 2. The van der Waals surface area contributed by atoms with Crippen LogP contribution in [0, 0.1) is 11.8 Å². The van der Waals surface area contributed by atoms with Crippen molar-refractivity contribution in [2.75, 3.05) is 6.54 Å². The van der Waals surface area contributed by atoms with E-state index in [1.54, 1.807) is 12.1 Å². The summed E-state index contributed by atoms with van der Waals surface area (Å²) in [5.41, 5.74) is 0.893. The van der Waals surface area contributed by atoms with Crippen LogP contribution in [0.15, 0.2) is 30.4 Å². The van der Waals surface area contributed by atoms with E-state index < -0.39 is 17.8 Å². The van der Waals surface area contributed by atoms with E-state index in [9.17, 15) is 14.7 Å². The molecule has 0 aliphatic heterocycles. The third kappa shape index (κ3) is 4.24. The molecule has 2 rings (SSSR count). The van der Waals surface area contributed by atoms with Crippen LogP contribution in [0.3, 0.4) is 0 Å². The van der Waals surface area contributed by atoms with Gasteiger partial charge in [-0.05, 0) is 37.0 Å². The molecule has 0 radical (unpaired) electrons. The van der Waals surface area contributed by atoms with Gasteiger partial charge in [0.15, 0.2) is 0 Å². The Morgan fingerprint density at radius 3 is 2.50 bits per heavy atom. The molecule has 1 aliphatic rings. The topological polar surface area (TPSA) is 66.4 Å². The number of carbonyl (C=O) groups excluding carboxylic acids is 1. The summed E-state index contributed by atoms with van der Waals surface area (Å²) in [6, 6.07) is 5.23. The summed E-state index contributed by atoms with van der Waals surface area (Å²) in [6.07, 6.45) is 5.11. The Bertz CT molecular complexity index is 601. The van der Waals surface area contributed by atoms with Gasteiger partial charge in [-0.2, -0.15) is 0 Å². The molecule has 0 fully saturated rings. The van der Waals surface area contributed by atoms with Gasteiger partial charge in [-0.15, -0.1) is 0 Å². The number of halogens is 2. The van der Waals surface area contributed by atoms with Gasteiger partial charge in [0, 0.05) is 16.6 Å². The monoisotopic (exact) mass is 341 g/mol. The molecule has 0 aromatic heterocycles. The van der Waals surface area contributed by atoms with Crippen molar-refractivity contribution in [3.63, 3.8) is 0 Å². The van der Waals surface area contributed by atoms with Crippen molar-refractivity contribution in [1.82, 2.24) is 5.32 Å². The highest BCUT2D eigenvalue weighted by Crippen LogP contribution is 2.26. The van der Waals surface area contributed by atoms with Crippen molar-refractivity contribution in [2.45, 2.75) is 19.3 Å². The molecule has 0 heterocycles. The fourth-order valence-corrected chi connectivity index (χ4v) is 3.06. The van der Waals surface area contributed by atoms with Gasteiger partial charge in [-0.3, -0.25) is 9.59 Å². The summed E-state index contributed by atoms with van der Waals surface area (Å²) < 4.78 is 0. The normalized spacial score (nSPS) is 20.6. The van der Waals surface area contributed by atoms with Gasteiger partial charge >= 0.3 is 5.97 Å². The molecule has 1 aromatic carbocycles. The SMILES string of the molecule is O=C(O)[C@@H]1CC=CC[C@H]1C(=O)NCCc1ccc(Cl)cc1Cl. The maximum Gasteiger partial charge on any atom is 0.307 e. The second-order valence-electron chi connectivity index (χ2n) is 5.27. The van der Waals surface area contributed by atoms with E-state index in [4.69, 9.17) is 23.2 Å². The standard InChI is InChI=1S/C16H17Cl2NO3/c17-11-6-5-10(14(18)9-11)7-8-19-15(20)12-3-1-2-4-13(12)16(21)22/h1-2,5-6,9,12-13H,3-4,7-8H2,(H,19,20)(H,21,22)/t12-,13-/m1/s1. The number of rotatable bonds is 5. The maximum atomic E-state index is 12.2. The van der Waals surface area contributed by atoms with Gasteiger partial charge in [-0.1, -0.05) is 41.4 Å². The highest BCUT2D eigenvalue weighted by molar-refractivity contribution is 6.35. The Balaban J connectivity index is 1.89. The van der Waals surface area contributed by atoms with Crippen LogP contribution in [0.25, 0.3) is 0 Å². The minimum Gasteiger partial charge on any atom is -0.481 e. The Hall–Kier alpha value is -1.52. The van der Waals surface area contributed by atoms with Crippen molar-refractivity contribution in [1.29, 1.82) is 0 Å². The van der Waals surface area contributed by atoms with E-state index in [1.807, 2.05) is 18.2 Å². The number of amides is 1. The number of carbonyl (C=O) groups is 2. The average Bonchev–Trinajstić information content (AvgIpc) is 2.49. The van der Waals surface area contributed by atoms with Crippen molar-refractivity contribution in [3.8, 4) is 0 Å². The van der Waals surface area contributed by atoms with Crippen LogP contribution < -0.4 is 5.32 Å². The molecule has 118 valence electrons. The number of nitrogens with one attached hydrogen (secondary N) is 1. The second-order valence-corrected chi connectivity index (χ2v) is 6.11. The largest absolute Gasteiger partial charge is 0.481 e. The summed E-state index contributed by atoms with van der Waals surface area (Å²) in [5, 5.41) is 13.1. The van der Waals surface area contributed by atoms with Crippen LogP contribution in [0.5, 0.6) is 0 Å². The van der Waals surface area contributed by atoms with Gasteiger partial charge < -0.3 is 10.4 Å². The smallest absolute Gasteiger partial charge is 0.307 e. The molecule has 2 atom stereocenters. The molecular formula is C16H17Cl2NO3. The fourth-order valence-electron chi connectivity index (χ4n) is 2.55. The first-order valence-electron chi connectivity index (χ1n) is 7.08. The number of carboxylic acid groups (broad SMARTS) is 1. The van der Waals surface area contributed by atoms with E-state index in [-0.39, 0.29) is 5.91 Å². The third-order valence-electron chi connectivity index (χ3n) is 3.80. The lowest BCUT2D eigenvalue weighted by atomic mass is 9.82. The van der Waals surface area contributed by atoms with Gasteiger partial charge in [0.25, 0.3) is 0 Å². The van der Waals surface area contributed by atoms with E-state index in [0.29, 0.717) is 35.9 Å². The summed E-state index contributed by atoms with van der Waals surface area (Å²) in [5.74, 6) is -2.31. The van der Waals surface area contributed by atoms with Gasteiger partial charge in [0.1, 0.15) is 0 Å². The van der Waals surface area contributed by atoms with Gasteiger partial charge in [0.2, 0.25) is 5.91 Å². The lowest BCUT2D eigenvalue weighted by molar-refractivity contribution is -0.147. The summed E-state index contributed by atoms with van der Waals surface area (Å²) >= 11 is 11.9. The minimum absolute atomic E-state index is 0.221. The molecule has 1 amide bonds. The first-order chi connectivity index (χ1) is 10.5. The fraction of sp³-hybridized carbons (Fsp3) is 0.375. The summed E-state index contributed by atoms with van der Waals surface area (Å²) in [6.45, 7) is 0.409. The zero-order valence-electron chi connectivity index (χ0n) is 11.9. The highest BCUT2D eigenvalue weighted by Gasteiger charge is 2.33. The summed E-state index contributed by atoms with van der Waals surface area (Å²) in [4.78, 5) is 23.4. The molecule has 0 saturated heterocycles. The first kappa shape index (κ1) is 16.8. The Morgan fingerprint density at radius 2 is 1.86 bits per heavy atom. The van der Waals surface area contributed by atoms with Crippen molar-refractivity contribution in [3.05, 3.63) is 46.0 Å². The molecule has 6 heteroatoms. The predicted octanol–water partition coefficient (Wildman–Crippen LogP) is 3.32. The summed E-state index contributed by atoms with van der Waals surface area (Å²) in [7, 11) is 0. The first-order valence-corrected chi connectivity index (χ1v) is 7.84. The predicted molar refractivity (Wildman–Crippen MR) is 86.2 cm³/mol. The molecule has 0 unspecified atom stereocenters. The van der Waals surface area contributed by atoms with Crippen LogP contribution in [0.1, 0.15) is 18.4 Å². The molecule has 0 saturated carbocycles. The number of benzene rings is 1. The molecule has 4 nitrogen and oxygen atoms in total. The molecule has 1 aliphatic carbocycles. The van der Waals surface area contributed by atoms with E-state index >= 15 is 0 Å². The maximum absolute atomic E-state index is 12.2. The molecular weight excluding hydrogens is 325 g/mol. The zero-order chi connectivity index (χ0) is 16.1. The zero-order valence-corrected chi connectivity index (χ0v) is 13.4. The number of hydrogen-bond donors (Lipinski definition) is 2. The Morgan fingerprint density at radius 1 is 1.18 bits per heavy atom. The lowest BCUT2D eigenvalue weighted by Gasteiger charge is -2.24. The van der Waals surface area contributed by atoms with Crippen molar-refractivity contribution in [2.24, 2.45) is 11.8 Å². The van der Waals surface area contributed by atoms with Crippen LogP contribution in [0.4, 0.5) is 0 Å². The second kappa shape index (κ2) is 7.65. The highest BCUT2D eigenvalue weighted by atomic mass is 35.5. The molecule has 2 N–H and O–H groups in total. The quantitative estimate of drug-likeness (QED) is 0.807. The number of carboxylic acids is 1. The van der Waals surface area contributed by atoms with E-state index in [2.05, 4.69) is 5.32 Å². The van der Waals surface area contributed by atoms with E-state index in [0.717, 1.165) is 5.56 Å². The lowest BCUT2D eigenvalue weighted by Crippen LogP contribution is -2.39. The van der Waals surface area contributed by atoms with Gasteiger partial charge in [0.05, 0.1) is 11.8 Å². The van der Waals surface area contributed by atoms with Crippen LogP contribution in [-0.2, 0) is 16.0 Å². The average molecular weight is 342 g/mol. The van der Waals surface area contributed by atoms with Crippen LogP contribution in [0.2, 0.25) is 10.0 Å². The molecule has 1 aromatic rings. The van der Waals surface area contributed by atoms with Crippen molar-refractivity contribution >= 4 is 35.1 Å². The van der Waals surface area contributed by atoms with Gasteiger partial charge in [-0.25, -0.2) is 0 Å². The Kier molecular flexibility index (Phi) is 5.86. The van der Waals surface area contributed by atoms with Crippen molar-refractivity contribution < 1.29 is 14.7 Å². The Labute approximate surface area is 139 Å². The number of hydrogen-bond acceptors (Lipinski definition) is 2. The number of aliphatic carboxylic acids is 1. The van der Waals surface area contributed by atoms with E-state index in [1.165, 1.54) is 0 Å². The van der Waals surface area contributed by atoms with Crippen LogP contribution in [-0.4, -0.2) is 23.5 Å². The third-order valence-corrected chi connectivity index (χ3v) is 4.38. The molecule has 22 heavy (non-hydrogen) atoms. The minimum atomic E-state index is -0.926. The molecule has 0 bridgehead atoms.